The number of benzene rings is 1. The van der Waals surface area contributed by atoms with Crippen LogP contribution in [0.5, 0.6) is 0 Å². The average Bonchev–Trinajstić information content (AvgIpc) is 2.97. The molecule has 0 saturated carbocycles. The lowest BCUT2D eigenvalue weighted by atomic mass is 10.0. The molecule has 0 amide bonds. The zero-order valence-electron chi connectivity index (χ0n) is 10.9. The number of nitrogens with zero attached hydrogens (tertiary/aromatic N) is 2. The van der Waals surface area contributed by atoms with Crippen molar-refractivity contribution in [3.8, 4) is 22.4 Å². The summed E-state index contributed by atoms with van der Waals surface area (Å²) in [6, 6.07) is 8.26. The molecule has 1 aromatic carbocycles. The van der Waals surface area contributed by atoms with Crippen molar-refractivity contribution in [3.05, 3.63) is 41.9 Å². The number of nitrogen functional groups attached to an aromatic ring is 1. The van der Waals surface area contributed by atoms with Gasteiger partial charge in [0.2, 0.25) is 0 Å². The number of hydrogen-bond donors (Lipinski definition) is 3. The molecule has 2 heterocycles. The molecule has 0 atom stereocenters. The van der Waals surface area contributed by atoms with Gasteiger partial charge in [-0.05, 0) is 25.0 Å². The Morgan fingerprint density at radius 3 is 2.26 bits per heavy atom. The first-order chi connectivity index (χ1) is 9.15. The zero-order valence-corrected chi connectivity index (χ0v) is 10.9. The molecule has 4 N–H and O–H groups in total. The van der Waals surface area contributed by atoms with Crippen molar-refractivity contribution in [2.45, 2.75) is 13.8 Å². The second-order valence-electron chi connectivity index (χ2n) is 4.57. The maximum atomic E-state index is 5.58. The van der Waals surface area contributed by atoms with Gasteiger partial charge in [-0.1, -0.05) is 24.3 Å². The molecule has 0 fully saturated rings. The van der Waals surface area contributed by atoms with Crippen molar-refractivity contribution in [1.82, 2.24) is 20.2 Å². The molecule has 0 saturated heterocycles. The largest absolute Gasteiger partial charge is 0.369 e. The molecule has 19 heavy (non-hydrogen) atoms. The molecule has 96 valence electrons. The van der Waals surface area contributed by atoms with Crippen LogP contribution in [0.15, 0.2) is 30.5 Å². The van der Waals surface area contributed by atoms with E-state index in [1.54, 1.807) is 6.20 Å². The smallest absolute Gasteiger partial charge is 0.197 e. The predicted molar refractivity (Wildman–Crippen MR) is 75.5 cm³/mol. The second kappa shape index (κ2) is 4.28. The van der Waals surface area contributed by atoms with Gasteiger partial charge >= 0.3 is 0 Å². The van der Waals surface area contributed by atoms with Crippen LogP contribution < -0.4 is 5.73 Å². The van der Waals surface area contributed by atoms with Gasteiger partial charge in [-0.2, -0.15) is 5.10 Å². The highest BCUT2D eigenvalue weighted by Crippen LogP contribution is 2.27. The molecular formula is C14H15N5. The quantitative estimate of drug-likeness (QED) is 0.656. The minimum atomic E-state index is 0.431. The third-order valence-corrected chi connectivity index (χ3v) is 3.21. The summed E-state index contributed by atoms with van der Waals surface area (Å²) in [7, 11) is 0. The van der Waals surface area contributed by atoms with E-state index >= 15 is 0 Å². The van der Waals surface area contributed by atoms with Gasteiger partial charge in [-0.25, -0.2) is 4.98 Å². The molecule has 3 aromatic rings. The monoisotopic (exact) mass is 253 g/mol. The standard InChI is InChI=1S/C14H15N5/c1-8-13(9(2)19-18-8)11-5-3-10(4-6-11)12-7-16-14(15)17-12/h3-7H,1-2H3,(H,18,19)(H3,15,16,17). The molecule has 0 unspecified atom stereocenters. The Hall–Kier alpha value is -2.56. The fraction of sp³-hybridized carbons (Fsp3) is 0.143. The number of anilines is 1. The van der Waals surface area contributed by atoms with Gasteiger partial charge in [0.15, 0.2) is 5.95 Å². The zero-order chi connectivity index (χ0) is 13.4. The fourth-order valence-corrected chi connectivity index (χ4v) is 2.28. The van der Waals surface area contributed by atoms with Gasteiger partial charge < -0.3 is 10.7 Å². The van der Waals surface area contributed by atoms with Crippen LogP contribution in [0.2, 0.25) is 0 Å². The van der Waals surface area contributed by atoms with Crippen molar-refractivity contribution in [2.75, 3.05) is 5.73 Å². The van der Waals surface area contributed by atoms with Crippen molar-refractivity contribution in [3.63, 3.8) is 0 Å². The summed E-state index contributed by atoms with van der Waals surface area (Å²) in [6.45, 7) is 4.03. The minimum Gasteiger partial charge on any atom is -0.369 e. The number of nitrogens with one attached hydrogen (secondary N) is 2. The highest BCUT2D eigenvalue weighted by atomic mass is 15.1. The van der Waals surface area contributed by atoms with Crippen molar-refractivity contribution >= 4 is 5.95 Å². The normalized spacial score (nSPS) is 10.8. The van der Waals surface area contributed by atoms with Crippen molar-refractivity contribution in [1.29, 1.82) is 0 Å². The van der Waals surface area contributed by atoms with E-state index in [0.717, 1.165) is 33.8 Å². The third kappa shape index (κ3) is 1.99. The van der Waals surface area contributed by atoms with Crippen LogP contribution in [0.4, 0.5) is 5.95 Å². The number of aryl methyl sites for hydroxylation is 2. The van der Waals surface area contributed by atoms with E-state index in [1.165, 1.54) is 0 Å². The number of rotatable bonds is 2. The minimum absolute atomic E-state index is 0.431. The number of H-pyrrole nitrogens is 2. The molecule has 0 spiro atoms. The van der Waals surface area contributed by atoms with Crippen LogP contribution in [0.25, 0.3) is 22.4 Å². The van der Waals surface area contributed by atoms with Crippen molar-refractivity contribution in [2.24, 2.45) is 0 Å². The molecule has 0 aliphatic heterocycles. The van der Waals surface area contributed by atoms with E-state index in [-0.39, 0.29) is 0 Å². The number of aromatic amines is 2. The van der Waals surface area contributed by atoms with Gasteiger partial charge in [0, 0.05) is 11.3 Å². The second-order valence-corrected chi connectivity index (χ2v) is 4.57. The van der Waals surface area contributed by atoms with Gasteiger partial charge in [-0.3, -0.25) is 5.10 Å². The summed E-state index contributed by atoms with van der Waals surface area (Å²) in [5, 5.41) is 7.22. The Morgan fingerprint density at radius 1 is 1.05 bits per heavy atom. The maximum absolute atomic E-state index is 5.58. The first kappa shape index (κ1) is 11.5. The average molecular weight is 253 g/mol. The molecule has 2 aromatic heterocycles. The van der Waals surface area contributed by atoms with Crippen LogP contribution in [0, 0.1) is 13.8 Å². The number of hydrogen-bond acceptors (Lipinski definition) is 3. The van der Waals surface area contributed by atoms with E-state index in [0.29, 0.717) is 5.95 Å². The van der Waals surface area contributed by atoms with E-state index in [1.807, 2.05) is 26.0 Å². The van der Waals surface area contributed by atoms with Crippen LogP contribution in [0.1, 0.15) is 11.4 Å². The Labute approximate surface area is 110 Å². The SMILES string of the molecule is Cc1n[nH]c(C)c1-c1ccc(-c2cnc(N)[nH]2)cc1. The molecule has 0 aliphatic carbocycles. The van der Waals surface area contributed by atoms with E-state index in [2.05, 4.69) is 32.3 Å². The molecule has 5 nitrogen and oxygen atoms in total. The van der Waals surface area contributed by atoms with Gasteiger partial charge in [-0.15, -0.1) is 0 Å². The summed E-state index contributed by atoms with van der Waals surface area (Å²) in [4.78, 5) is 7.02. The lowest BCUT2D eigenvalue weighted by Crippen LogP contribution is -1.86. The highest BCUT2D eigenvalue weighted by Gasteiger charge is 2.09. The summed E-state index contributed by atoms with van der Waals surface area (Å²) in [5.41, 5.74) is 12.0. The fourth-order valence-electron chi connectivity index (χ4n) is 2.28. The van der Waals surface area contributed by atoms with Gasteiger partial charge in [0.25, 0.3) is 0 Å². The molecular weight excluding hydrogens is 238 g/mol. The highest BCUT2D eigenvalue weighted by molar-refractivity contribution is 5.71. The first-order valence-corrected chi connectivity index (χ1v) is 6.08. The van der Waals surface area contributed by atoms with E-state index < -0.39 is 0 Å². The van der Waals surface area contributed by atoms with Gasteiger partial charge in [0.1, 0.15) is 0 Å². The summed E-state index contributed by atoms with van der Waals surface area (Å²) in [6.07, 6.45) is 1.73. The topological polar surface area (TPSA) is 83.4 Å². The summed E-state index contributed by atoms with van der Waals surface area (Å²) in [5.74, 6) is 0.431. The molecule has 3 rings (SSSR count). The Balaban J connectivity index is 2.00. The third-order valence-electron chi connectivity index (χ3n) is 3.21. The summed E-state index contributed by atoms with van der Waals surface area (Å²) >= 11 is 0. The lowest BCUT2D eigenvalue weighted by molar-refractivity contribution is 1.02. The van der Waals surface area contributed by atoms with Crippen LogP contribution >= 0.6 is 0 Å². The van der Waals surface area contributed by atoms with E-state index in [9.17, 15) is 0 Å². The van der Waals surface area contributed by atoms with Gasteiger partial charge in [0.05, 0.1) is 17.6 Å². The lowest BCUT2D eigenvalue weighted by Gasteiger charge is -2.03. The molecule has 0 radical (unpaired) electrons. The first-order valence-electron chi connectivity index (χ1n) is 6.08. The van der Waals surface area contributed by atoms with E-state index in [4.69, 9.17) is 5.73 Å². The predicted octanol–water partition coefficient (Wildman–Crippen LogP) is 2.67. The Kier molecular flexibility index (Phi) is 2.59. The Morgan fingerprint density at radius 2 is 1.74 bits per heavy atom. The molecule has 0 aliphatic rings. The molecule has 0 bridgehead atoms. The van der Waals surface area contributed by atoms with Crippen LogP contribution in [-0.2, 0) is 0 Å². The van der Waals surface area contributed by atoms with Crippen molar-refractivity contribution < 1.29 is 0 Å². The van der Waals surface area contributed by atoms with Crippen LogP contribution in [0.3, 0.4) is 0 Å². The number of aromatic nitrogens is 4. The molecule has 5 heteroatoms. The number of nitrogens with two attached hydrogens (primary N) is 1. The van der Waals surface area contributed by atoms with Crippen LogP contribution in [-0.4, -0.2) is 20.2 Å². The summed E-state index contributed by atoms with van der Waals surface area (Å²) < 4.78 is 0. The Bertz CT molecular complexity index is 686. The number of imidazole rings is 1. The maximum Gasteiger partial charge on any atom is 0.197 e.